The first-order valence-corrected chi connectivity index (χ1v) is 12.1. The molecule has 1 saturated heterocycles. The molecule has 1 saturated carbocycles. The third kappa shape index (κ3) is 3.86. The van der Waals surface area contributed by atoms with Crippen LogP contribution in [-0.4, -0.2) is 54.1 Å². The van der Waals surface area contributed by atoms with Crippen molar-refractivity contribution in [3.63, 3.8) is 0 Å². The van der Waals surface area contributed by atoms with Crippen LogP contribution >= 0.6 is 11.3 Å². The highest BCUT2D eigenvalue weighted by Gasteiger charge is 2.46. The zero-order valence-electron chi connectivity index (χ0n) is 18.4. The number of rotatable bonds is 5. The third-order valence-electron chi connectivity index (χ3n) is 6.79. The number of ether oxygens (including phenoxy) is 1. The lowest BCUT2D eigenvalue weighted by Crippen LogP contribution is -2.54. The lowest BCUT2D eigenvalue weighted by atomic mass is 9.82. The fraction of sp³-hybridized carbons (Fsp3) is 0.400. The second-order valence-electron chi connectivity index (χ2n) is 8.54. The Balaban J connectivity index is 1.28. The van der Waals surface area contributed by atoms with E-state index in [1.165, 1.54) is 4.88 Å². The summed E-state index contributed by atoms with van der Waals surface area (Å²) in [7, 11) is 1.66. The van der Waals surface area contributed by atoms with Crippen molar-refractivity contribution >= 4 is 23.1 Å². The largest absolute Gasteiger partial charge is 0.497 e. The summed E-state index contributed by atoms with van der Waals surface area (Å²) in [4.78, 5) is 28.2. The Kier molecular flexibility index (Phi) is 5.83. The lowest BCUT2D eigenvalue weighted by Gasteiger charge is -2.40. The molecule has 5 rings (SSSR count). The SMILES string of the molecule is COc1ccc(-c2cc(N3CCN(C(=O)C4(c5cccs5)CCCC4)CC3)ncn2)cc1. The highest BCUT2D eigenvalue weighted by molar-refractivity contribution is 7.10. The molecule has 2 aliphatic rings. The molecule has 0 spiro atoms. The van der Waals surface area contributed by atoms with Gasteiger partial charge in [-0.2, -0.15) is 0 Å². The Morgan fingerprint density at radius 2 is 1.78 bits per heavy atom. The first kappa shape index (κ1) is 20.9. The van der Waals surface area contributed by atoms with Crippen LogP contribution in [0.2, 0.25) is 0 Å². The molecule has 0 unspecified atom stereocenters. The lowest BCUT2D eigenvalue weighted by molar-refractivity contribution is -0.137. The summed E-state index contributed by atoms with van der Waals surface area (Å²) in [6.07, 6.45) is 5.85. The minimum Gasteiger partial charge on any atom is -0.497 e. The Morgan fingerprint density at radius 3 is 2.44 bits per heavy atom. The third-order valence-corrected chi connectivity index (χ3v) is 7.86. The number of methoxy groups -OCH3 is 1. The summed E-state index contributed by atoms with van der Waals surface area (Å²) in [6.45, 7) is 3.03. The van der Waals surface area contributed by atoms with E-state index in [9.17, 15) is 4.79 Å². The van der Waals surface area contributed by atoms with Gasteiger partial charge < -0.3 is 14.5 Å². The van der Waals surface area contributed by atoms with Crippen molar-refractivity contribution in [1.29, 1.82) is 0 Å². The number of amides is 1. The number of piperazine rings is 1. The van der Waals surface area contributed by atoms with Gasteiger partial charge in [0, 0.05) is 42.7 Å². The summed E-state index contributed by atoms with van der Waals surface area (Å²) in [5, 5.41) is 2.09. The van der Waals surface area contributed by atoms with Crippen molar-refractivity contribution in [3.8, 4) is 17.0 Å². The number of hydrogen-bond acceptors (Lipinski definition) is 6. The van der Waals surface area contributed by atoms with Gasteiger partial charge in [0.05, 0.1) is 18.2 Å². The average molecular weight is 449 g/mol. The topological polar surface area (TPSA) is 58.6 Å². The van der Waals surface area contributed by atoms with E-state index in [0.717, 1.165) is 74.7 Å². The molecule has 0 atom stereocenters. The first-order chi connectivity index (χ1) is 15.7. The molecule has 3 aromatic rings. The van der Waals surface area contributed by atoms with E-state index in [2.05, 4.69) is 37.3 Å². The molecule has 2 aromatic heterocycles. The maximum absolute atomic E-state index is 13.6. The van der Waals surface area contributed by atoms with Crippen LogP contribution in [0.4, 0.5) is 5.82 Å². The number of thiophene rings is 1. The highest BCUT2D eigenvalue weighted by Crippen LogP contribution is 2.44. The number of aromatic nitrogens is 2. The van der Waals surface area contributed by atoms with Crippen molar-refractivity contribution in [2.45, 2.75) is 31.1 Å². The maximum atomic E-state index is 13.6. The molecule has 1 aromatic carbocycles. The van der Waals surface area contributed by atoms with Crippen LogP contribution in [0.5, 0.6) is 5.75 Å². The molecular weight excluding hydrogens is 420 g/mol. The van der Waals surface area contributed by atoms with Crippen LogP contribution in [-0.2, 0) is 10.2 Å². The monoisotopic (exact) mass is 448 g/mol. The summed E-state index contributed by atoms with van der Waals surface area (Å²) >= 11 is 1.73. The van der Waals surface area contributed by atoms with Gasteiger partial charge in [-0.3, -0.25) is 4.79 Å². The smallest absolute Gasteiger partial charge is 0.234 e. The normalized spacial score (nSPS) is 18.0. The molecule has 0 N–H and O–H groups in total. The predicted octanol–water partition coefficient (Wildman–Crippen LogP) is 4.37. The average Bonchev–Trinajstić information content (AvgIpc) is 3.57. The number of hydrogen-bond donors (Lipinski definition) is 0. The Labute approximate surface area is 192 Å². The van der Waals surface area contributed by atoms with Gasteiger partial charge >= 0.3 is 0 Å². The highest BCUT2D eigenvalue weighted by atomic mass is 32.1. The first-order valence-electron chi connectivity index (χ1n) is 11.2. The zero-order valence-corrected chi connectivity index (χ0v) is 19.2. The predicted molar refractivity (Wildman–Crippen MR) is 127 cm³/mol. The minimum absolute atomic E-state index is 0.299. The molecular formula is C25H28N4O2S. The van der Waals surface area contributed by atoms with E-state index in [0.29, 0.717) is 5.91 Å². The zero-order chi connectivity index (χ0) is 22.0. The van der Waals surface area contributed by atoms with Crippen molar-refractivity contribution in [2.24, 2.45) is 0 Å². The van der Waals surface area contributed by atoms with Gasteiger partial charge in [0.2, 0.25) is 5.91 Å². The van der Waals surface area contributed by atoms with E-state index >= 15 is 0 Å². The fourth-order valence-electron chi connectivity index (χ4n) is 4.98. The minimum atomic E-state index is -0.299. The van der Waals surface area contributed by atoms with Crippen molar-refractivity contribution in [2.75, 3.05) is 38.2 Å². The summed E-state index contributed by atoms with van der Waals surface area (Å²) in [5.74, 6) is 2.05. The summed E-state index contributed by atoms with van der Waals surface area (Å²) in [6, 6.07) is 14.1. The molecule has 0 bridgehead atoms. The fourth-order valence-corrected chi connectivity index (χ4v) is 5.95. The molecule has 1 aliphatic heterocycles. The number of benzene rings is 1. The Morgan fingerprint density at radius 1 is 1.03 bits per heavy atom. The molecule has 32 heavy (non-hydrogen) atoms. The van der Waals surface area contributed by atoms with Gasteiger partial charge in [-0.25, -0.2) is 9.97 Å². The van der Waals surface area contributed by atoms with Crippen LogP contribution < -0.4 is 9.64 Å². The van der Waals surface area contributed by atoms with E-state index < -0.39 is 0 Å². The van der Waals surface area contributed by atoms with Crippen LogP contribution in [0.15, 0.2) is 54.2 Å². The molecule has 166 valence electrons. The number of carbonyl (C=O) groups excluding carboxylic acids is 1. The summed E-state index contributed by atoms with van der Waals surface area (Å²) < 4.78 is 5.25. The van der Waals surface area contributed by atoms with Crippen molar-refractivity contribution in [3.05, 3.63) is 59.0 Å². The summed E-state index contributed by atoms with van der Waals surface area (Å²) in [5.41, 5.74) is 1.62. The molecule has 3 heterocycles. The van der Waals surface area contributed by atoms with Gasteiger partial charge in [-0.15, -0.1) is 11.3 Å². The van der Waals surface area contributed by atoms with E-state index in [-0.39, 0.29) is 5.41 Å². The maximum Gasteiger partial charge on any atom is 0.234 e. The van der Waals surface area contributed by atoms with Gasteiger partial charge in [-0.05, 0) is 48.6 Å². The molecule has 2 fully saturated rings. The van der Waals surface area contributed by atoms with Gasteiger partial charge in [0.25, 0.3) is 0 Å². The Bertz CT molecular complexity index is 1050. The standard InChI is InChI=1S/C25H28N4O2S/c1-31-20-8-6-19(7-9-20)21-17-23(27-18-26-21)28-12-14-29(15-13-28)24(30)25(10-2-3-11-25)22-5-4-16-32-22/h4-9,16-18H,2-3,10-15H2,1H3. The van der Waals surface area contributed by atoms with Crippen molar-refractivity contribution in [1.82, 2.24) is 14.9 Å². The molecule has 0 radical (unpaired) electrons. The molecule has 1 amide bonds. The van der Waals surface area contributed by atoms with Crippen LogP contribution in [0.25, 0.3) is 11.3 Å². The van der Waals surface area contributed by atoms with E-state index in [1.54, 1.807) is 24.8 Å². The second-order valence-corrected chi connectivity index (χ2v) is 9.48. The van der Waals surface area contributed by atoms with E-state index in [4.69, 9.17) is 4.74 Å². The van der Waals surface area contributed by atoms with Crippen LogP contribution in [0, 0.1) is 0 Å². The quantitative estimate of drug-likeness (QED) is 0.580. The van der Waals surface area contributed by atoms with Gasteiger partial charge in [0.1, 0.15) is 17.9 Å². The van der Waals surface area contributed by atoms with Gasteiger partial charge in [0.15, 0.2) is 0 Å². The molecule has 7 heteroatoms. The molecule has 6 nitrogen and oxygen atoms in total. The second kappa shape index (κ2) is 8.90. The molecule has 1 aliphatic carbocycles. The number of carbonyl (C=O) groups is 1. The Hall–Kier alpha value is -2.93. The van der Waals surface area contributed by atoms with Gasteiger partial charge in [-0.1, -0.05) is 18.9 Å². The van der Waals surface area contributed by atoms with Crippen LogP contribution in [0.3, 0.4) is 0 Å². The van der Waals surface area contributed by atoms with Crippen LogP contribution in [0.1, 0.15) is 30.6 Å². The number of nitrogens with zero attached hydrogens (tertiary/aromatic N) is 4. The van der Waals surface area contributed by atoms with E-state index in [1.807, 2.05) is 30.3 Å². The van der Waals surface area contributed by atoms with Crippen molar-refractivity contribution < 1.29 is 9.53 Å². The number of anilines is 1.